The van der Waals surface area contributed by atoms with Crippen LogP contribution in [0.15, 0.2) is 59.9 Å². The molecule has 0 radical (unpaired) electrons. The average molecular weight is 392 g/mol. The van der Waals surface area contributed by atoms with Gasteiger partial charge in [-0.25, -0.2) is 0 Å². The van der Waals surface area contributed by atoms with E-state index in [2.05, 4.69) is 15.4 Å². The lowest BCUT2D eigenvalue weighted by Crippen LogP contribution is -2.36. The Kier molecular flexibility index (Phi) is 5.87. The summed E-state index contributed by atoms with van der Waals surface area (Å²) in [5, 5.41) is 5.46. The van der Waals surface area contributed by atoms with Crippen LogP contribution in [0.2, 0.25) is 0 Å². The highest BCUT2D eigenvalue weighted by atomic mass is 16.5. The molecule has 2 aromatic rings. The van der Waals surface area contributed by atoms with Crippen molar-refractivity contribution in [1.29, 1.82) is 0 Å². The summed E-state index contributed by atoms with van der Waals surface area (Å²) in [6, 6.07) is 13.7. The molecule has 0 aliphatic heterocycles. The van der Waals surface area contributed by atoms with Crippen molar-refractivity contribution in [2.24, 2.45) is 0 Å². The van der Waals surface area contributed by atoms with Crippen LogP contribution in [0, 0.1) is 6.92 Å². The number of methoxy groups -OCH3 is 1. The Labute approximate surface area is 167 Å². The van der Waals surface area contributed by atoms with Crippen molar-refractivity contribution in [2.45, 2.75) is 19.8 Å². The number of fused-ring (bicyclic) bond motifs is 1. The molecule has 0 unspecified atom stereocenters. The van der Waals surface area contributed by atoms with Gasteiger partial charge in [0.25, 0.3) is 0 Å². The van der Waals surface area contributed by atoms with E-state index < -0.39 is 23.4 Å². The second kappa shape index (κ2) is 8.52. The Morgan fingerprint density at radius 3 is 2.03 bits per heavy atom. The summed E-state index contributed by atoms with van der Waals surface area (Å²) in [6.45, 7) is 1.93. The molecule has 2 N–H and O–H groups in total. The number of anilines is 1. The molecule has 0 aromatic heterocycles. The lowest BCUT2D eigenvalue weighted by molar-refractivity contribution is -0.142. The van der Waals surface area contributed by atoms with Gasteiger partial charge in [-0.2, -0.15) is 0 Å². The molecule has 7 nitrogen and oxygen atoms in total. The van der Waals surface area contributed by atoms with Gasteiger partial charge in [0.1, 0.15) is 11.4 Å². The lowest BCUT2D eigenvalue weighted by Gasteiger charge is -2.22. The first kappa shape index (κ1) is 20.0. The Hall–Kier alpha value is -3.74. The van der Waals surface area contributed by atoms with Crippen LogP contribution >= 0.6 is 0 Å². The third-order valence-corrected chi connectivity index (χ3v) is 4.49. The van der Waals surface area contributed by atoms with E-state index in [9.17, 15) is 19.2 Å². The zero-order chi connectivity index (χ0) is 21.0. The first-order chi connectivity index (χ1) is 13.9. The van der Waals surface area contributed by atoms with E-state index in [4.69, 9.17) is 0 Å². The number of esters is 1. The third-order valence-electron chi connectivity index (χ3n) is 4.49. The molecular weight excluding hydrogens is 372 g/mol. The fourth-order valence-corrected chi connectivity index (χ4v) is 2.91. The number of carbonyl (C=O) groups excluding carboxylic acids is 4. The Balaban J connectivity index is 1.95. The zero-order valence-corrected chi connectivity index (χ0v) is 16.1. The number of hydrogen-bond acceptors (Lipinski definition) is 6. The van der Waals surface area contributed by atoms with E-state index in [-0.39, 0.29) is 35.4 Å². The summed E-state index contributed by atoms with van der Waals surface area (Å²) in [4.78, 5) is 49.6. The molecule has 0 spiro atoms. The van der Waals surface area contributed by atoms with Crippen molar-refractivity contribution in [3.63, 3.8) is 0 Å². The summed E-state index contributed by atoms with van der Waals surface area (Å²) in [5.41, 5.74) is 1.98. The number of nitrogens with one attached hydrogen (secondary N) is 2. The van der Waals surface area contributed by atoms with Crippen molar-refractivity contribution < 1.29 is 23.9 Å². The Bertz CT molecular complexity index is 1020. The van der Waals surface area contributed by atoms with E-state index in [0.29, 0.717) is 5.69 Å². The molecule has 0 saturated heterocycles. The van der Waals surface area contributed by atoms with Gasteiger partial charge >= 0.3 is 5.97 Å². The van der Waals surface area contributed by atoms with E-state index in [1.807, 2.05) is 19.1 Å². The molecule has 3 rings (SSSR count). The summed E-state index contributed by atoms with van der Waals surface area (Å²) < 4.78 is 4.52. The molecule has 0 fully saturated rings. The van der Waals surface area contributed by atoms with Crippen molar-refractivity contribution in [3.05, 3.63) is 76.6 Å². The first-order valence-corrected chi connectivity index (χ1v) is 9.03. The number of allylic oxidation sites excluding steroid dienone is 2. The van der Waals surface area contributed by atoms with Crippen LogP contribution in [-0.2, 0) is 14.3 Å². The fraction of sp³-hybridized carbons (Fsp3) is 0.182. The second-order valence-electron chi connectivity index (χ2n) is 6.57. The summed E-state index contributed by atoms with van der Waals surface area (Å²) in [5.74, 6) is -1.97. The number of aryl methyl sites for hydroxylation is 1. The van der Waals surface area contributed by atoms with Crippen LogP contribution in [0.1, 0.15) is 39.1 Å². The summed E-state index contributed by atoms with van der Waals surface area (Å²) in [7, 11) is 1.23. The largest absolute Gasteiger partial charge is 0.469 e. The molecule has 2 aromatic carbocycles. The van der Waals surface area contributed by atoms with E-state index >= 15 is 0 Å². The highest BCUT2D eigenvalue weighted by molar-refractivity contribution is 6.28. The Morgan fingerprint density at radius 1 is 0.862 bits per heavy atom. The quantitative estimate of drug-likeness (QED) is 0.733. The topological polar surface area (TPSA) is 102 Å². The number of Topliss-reactive ketones (excluding diaryl/α,β-unsaturated/α-hetero) is 2. The van der Waals surface area contributed by atoms with Crippen molar-refractivity contribution in [3.8, 4) is 0 Å². The van der Waals surface area contributed by atoms with Crippen molar-refractivity contribution >= 4 is 29.1 Å². The SMILES string of the molecule is COC(=O)CCC(=O)NC1=C(Nc2ccc(C)cc2)C(=O)c2ccccc2C1=O. The fourth-order valence-electron chi connectivity index (χ4n) is 2.91. The molecule has 1 aliphatic rings. The van der Waals surface area contributed by atoms with Gasteiger partial charge in [0, 0.05) is 23.2 Å². The molecule has 29 heavy (non-hydrogen) atoms. The van der Waals surface area contributed by atoms with Gasteiger partial charge < -0.3 is 15.4 Å². The maximum atomic E-state index is 13.0. The van der Waals surface area contributed by atoms with Crippen LogP contribution in [0.3, 0.4) is 0 Å². The van der Waals surface area contributed by atoms with Gasteiger partial charge in [-0.3, -0.25) is 19.2 Å². The normalized spacial score (nSPS) is 13.0. The minimum absolute atomic E-state index is 0.0102. The van der Waals surface area contributed by atoms with E-state index in [0.717, 1.165) is 5.56 Å². The molecule has 0 atom stereocenters. The van der Waals surface area contributed by atoms with Crippen LogP contribution in [0.25, 0.3) is 0 Å². The van der Waals surface area contributed by atoms with Gasteiger partial charge in [0.2, 0.25) is 17.5 Å². The maximum absolute atomic E-state index is 13.0. The monoisotopic (exact) mass is 392 g/mol. The molecule has 7 heteroatoms. The number of rotatable bonds is 6. The van der Waals surface area contributed by atoms with Gasteiger partial charge in [-0.15, -0.1) is 0 Å². The molecular formula is C22H20N2O5. The van der Waals surface area contributed by atoms with Crippen LogP contribution < -0.4 is 10.6 Å². The maximum Gasteiger partial charge on any atom is 0.306 e. The van der Waals surface area contributed by atoms with Crippen molar-refractivity contribution in [2.75, 3.05) is 12.4 Å². The number of ketones is 2. The van der Waals surface area contributed by atoms with Gasteiger partial charge in [-0.05, 0) is 19.1 Å². The standard InChI is InChI=1S/C22H20N2O5/c1-13-7-9-14(10-8-13)23-19-20(24-17(25)11-12-18(26)29-2)22(28)16-6-4-3-5-15(16)21(19)27/h3-10,23H,11-12H2,1-2H3,(H,24,25). The third kappa shape index (κ3) is 4.40. The Morgan fingerprint density at radius 2 is 1.45 bits per heavy atom. The van der Waals surface area contributed by atoms with E-state index in [1.54, 1.807) is 36.4 Å². The smallest absolute Gasteiger partial charge is 0.306 e. The molecule has 0 saturated carbocycles. The minimum atomic E-state index is -0.561. The second-order valence-corrected chi connectivity index (χ2v) is 6.57. The lowest BCUT2D eigenvalue weighted by atomic mass is 9.90. The first-order valence-electron chi connectivity index (χ1n) is 9.03. The van der Waals surface area contributed by atoms with Gasteiger partial charge in [0.05, 0.1) is 13.5 Å². The molecule has 0 bridgehead atoms. The zero-order valence-electron chi connectivity index (χ0n) is 16.1. The predicted octanol–water partition coefficient (Wildman–Crippen LogP) is 2.77. The van der Waals surface area contributed by atoms with Gasteiger partial charge in [-0.1, -0.05) is 42.0 Å². The highest BCUT2D eigenvalue weighted by Crippen LogP contribution is 2.26. The van der Waals surface area contributed by atoms with Crippen LogP contribution in [0.5, 0.6) is 0 Å². The minimum Gasteiger partial charge on any atom is -0.469 e. The summed E-state index contributed by atoms with van der Waals surface area (Å²) >= 11 is 0. The van der Waals surface area contributed by atoms with Gasteiger partial charge in [0.15, 0.2) is 0 Å². The molecule has 1 aliphatic carbocycles. The summed E-state index contributed by atoms with van der Waals surface area (Å²) in [6.07, 6.45) is -0.299. The van der Waals surface area contributed by atoms with Crippen LogP contribution in [0.4, 0.5) is 5.69 Å². The van der Waals surface area contributed by atoms with Crippen molar-refractivity contribution in [1.82, 2.24) is 5.32 Å². The average Bonchev–Trinajstić information content (AvgIpc) is 2.74. The number of ether oxygens (including phenoxy) is 1. The number of amides is 1. The molecule has 0 heterocycles. The predicted molar refractivity (Wildman–Crippen MR) is 106 cm³/mol. The van der Waals surface area contributed by atoms with E-state index in [1.165, 1.54) is 7.11 Å². The molecule has 148 valence electrons. The number of benzene rings is 2. The number of carbonyl (C=O) groups is 4. The number of hydrogen-bond donors (Lipinski definition) is 2. The molecule has 1 amide bonds. The highest BCUT2D eigenvalue weighted by Gasteiger charge is 2.33. The van der Waals surface area contributed by atoms with Crippen LogP contribution in [-0.4, -0.2) is 30.6 Å².